The Morgan fingerprint density at radius 3 is 2.38 bits per heavy atom. The van der Waals surface area contributed by atoms with E-state index >= 15 is 0 Å². The number of rotatable bonds is 2. The molecule has 3 saturated heterocycles. The van der Waals surface area contributed by atoms with Gasteiger partial charge in [-0.05, 0) is 37.9 Å². The first-order valence-corrected chi connectivity index (χ1v) is 11.8. The van der Waals surface area contributed by atoms with Crippen LogP contribution in [0.1, 0.15) is 32.1 Å². The molecule has 144 valence electrons. The van der Waals surface area contributed by atoms with Crippen LogP contribution in [0.2, 0.25) is 0 Å². The molecule has 6 nitrogen and oxygen atoms in total. The van der Waals surface area contributed by atoms with Crippen LogP contribution in [-0.4, -0.2) is 81.7 Å². The lowest BCUT2D eigenvalue weighted by molar-refractivity contribution is -0.143. The average Bonchev–Trinajstić information content (AvgIpc) is 3.21. The van der Waals surface area contributed by atoms with Crippen LogP contribution < -0.4 is 5.32 Å². The van der Waals surface area contributed by atoms with E-state index < -0.39 is 0 Å². The molecule has 4 fully saturated rings. The third kappa shape index (κ3) is 3.86. The standard InChI is InChI=1S/C18H27N3O3S2/c22-16-11-26-14-4-3-12(10-13(14)19-16)17(23)20-5-7-21(8-6-20)18(24)15-2-1-9-25-15/h12-15H,1-11H2,(H,19,22). The van der Waals surface area contributed by atoms with Gasteiger partial charge in [-0.15, -0.1) is 23.5 Å². The zero-order valence-corrected chi connectivity index (χ0v) is 16.7. The highest BCUT2D eigenvalue weighted by atomic mass is 32.2. The van der Waals surface area contributed by atoms with E-state index in [1.165, 1.54) is 0 Å². The minimum atomic E-state index is 0.0166. The van der Waals surface area contributed by atoms with Gasteiger partial charge in [0.15, 0.2) is 0 Å². The molecular weight excluding hydrogens is 370 g/mol. The molecule has 1 aliphatic carbocycles. The van der Waals surface area contributed by atoms with E-state index in [9.17, 15) is 14.4 Å². The van der Waals surface area contributed by atoms with Gasteiger partial charge in [0, 0.05) is 43.4 Å². The smallest absolute Gasteiger partial charge is 0.235 e. The van der Waals surface area contributed by atoms with Crippen molar-refractivity contribution in [2.45, 2.75) is 48.6 Å². The Bertz CT molecular complexity index is 574. The number of amides is 3. The minimum Gasteiger partial charge on any atom is -0.352 e. The Hall–Kier alpha value is -0.890. The summed E-state index contributed by atoms with van der Waals surface area (Å²) in [4.78, 5) is 41.0. The molecule has 1 N–H and O–H groups in total. The molecule has 3 heterocycles. The van der Waals surface area contributed by atoms with Crippen molar-refractivity contribution < 1.29 is 14.4 Å². The fourth-order valence-corrected chi connectivity index (χ4v) is 6.94. The first kappa shape index (κ1) is 18.5. The normalized spacial score (nSPS) is 35.0. The number of hydrogen-bond donors (Lipinski definition) is 1. The summed E-state index contributed by atoms with van der Waals surface area (Å²) in [5.41, 5.74) is 0. The van der Waals surface area contributed by atoms with Crippen molar-refractivity contribution in [2.24, 2.45) is 5.92 Å². The molecule has 3 amide bonds. The number of hydrogen-bond acceptors (Lipinski definition) is 5. The van der Waals surface area contributed by atoms with Crippen molar-refractivity contribution in [3.05, 3.63) is 0 Å². The Balaban J connectivity index is 1.28. The Kier molecular flexibility index (Phi) is 5.69. The average molecular weight is 398 g/mol. The van der Waals surface area contributed by atoms with Gasteiger partial charge >= 0.3 is 0 Å². The summed E-state index contributed by atoms with van der Waals surface area (Å²) in [6, 6.07) is 0.145. The molecule has 0 spiro atoms. The number of nitrogens with zero attached hydrogens (tertiary/aromatic N) is 2. The first-order chi connectivity index (χ1) is 12.6. The van der Waals surface area contributed by atoms with Gasteiger partial charge in [0.2, 0.25) is 17.7 Å². The van der Waals surface area contributed by atoms with E-state index in [4.69, 9.17) is 0 Å². The third-order valence-electron chi connectivity index (χ3n) is 6.02. The van der Waals surface area contributed by atoms with Crippen LogP contribution >= 0.6 is 23.5 Å². The highest BCUT2D eigenvalue weighted by molar-refractivity contribution is 8.01. The van der Waals surface area contributed by atoms with Crippen LogP contribution in [0.25, 0.3) is 0 Å². The number of carbonyl (C=O) groups excluding carboxylic acids is 3. The summed E-state index contributed by atoms with van der Waals surface area (Å²) in [7, 11) is 0. The molecule has 0 radical (unpaired) electrons. The highest BCUT2D eigenvalue weighted by Gasteiger charge is 2.39. The quantitative estimate of drug-likeness (QED) is 0.751. The largest absolute Gasteiger partial charge is 0.352 e. The molecule has 26 heavy (non-hydrogen) atoms. The number of piperazine rings is 1. The highest BCUT2D eigenvalue weighted by Crippen LogP contribution is 2.35. The molecule has 0 aromatic heterocycles. The van der Waals surface area contributed by atoms with Gasteiger partial charge in [0.05, 0.1) is 11.0 Å². The fourth-order valence-electron chi connectivity index (χ4n) is 4.53. The molecule has 0 aromatic carbocycles. The number of carbonyl (C=O) groups is 3. The molecule has 0 bridgehead atoms. The van der Waals surface area contributed by atoms with Crippen molar-refractivity contribution in [3.8, 4) is 0 Å². The van der Waals surface area contributed by atoms with Gasteiger partial charge in [0.25, 0.3) is 0 Å². The van der Waals surface area contributed by atoms with Crippen LogP contribution in [0.5, 0.6) is 0 Å². The lowest BCUT2D eigenvalue weighted by Crippen LogP contribution is -2.56. The first-order valence-electron chi connectivity index (χ1n) is 9.72. The van der Waals surface area contributed by atoms with Gasteiger partial charge in [-0.25, -0.2) is 0 Å². The molecule has 4 aliphatic rings. The summed E-state index contributed by atoms with van der Waals surface area (Å²) >= 11 is 3.51. The van der Waals surface area contributed by atoms with Crippen molar-refractivity contribution in [2.75, 3.05) is 37.7 Å². The number of nitrogens with one attached hydrogen (secondary N) is 1. The topological polar surface area (TPSA) is 69.7 Å². The zero-order chi connectivity index (χ0) is 18.1. The maximum absolute atomic E-state index is 12.9. The summed E-state index contributed by atoms with van der Waals surface area (Å²) in [6.07, 6.45) is 4.82. The third-order valence-corrected chi connectivity index (χ3v) is 8.80. The van der Waals surface area contributed by atoms with Gasteiger partial charge in [-0.2, -0.15) is 0 Å². The van der Waals surface area contributed by atoms with E-state index in [1.54, 1.807) is 23.5 Å². The predicted octanol–water partition coefficient (Wildman–Crippen LogP) is 0.953. The summed E-state index contributed by atoms with van der Waals surface area (Å²) in [5.74, 6) is 2.24. The molecule has 0 aromatic rings. The molecule has 3 aliphatic heterocycles. The van der Waals surface area contributed by atoms with E-state index in [0.717, 1.165) is 37.9 Å². The Labute approximate surface area is 163 Å². The summed E-state index contributed by atoms with van der Waals surface area (Å²) < 4.78 is 0. The number of fused-ring (bicyclic) bond motifs is 1. The monoisotopic (exact) mass is 397 g/mol. The SMILES string of the molecule is O=C1CSC2CCC(C(=O)N3CCN(C(=O)C4CCCS4)CC3)CC2N1. The van der Waals surface area contributed by atoms with Crippen LogP contribution in [0.3, 0.4) is 0 Å². The second kappa shape index (κ2) is 8.00. The maximum Gasteiger partial charge on any atom is 0.235 e. The Morgan fingerprint density at radius 1 is 0.962 bits per heavy atom. The van der Waals surface area contributed by atoms with Gasteiger partial charge in [0.1, 0.15) is 0 Å². The maximum atomic E-state index is 12.9. The predicted molar refractivity (Wildman–Crippen MR) is 104 cm³/mol. The molecule has 4 atom stereocenters. The second-order valence-electron chi connectivity index (χ2n) is 7.69. The van der Waals surface area contributed by atoms with E-state index in [2.05, 4.69) is 5.32 Å². The lowest BCUT2D eigenvalue weighted by atomic mass is 9.84. The summed E-state index contributed by atoms with van der Waals surface area (Å²) in [5, 5.41) is 3.68. The van der Waals surface area contributed by atoms with Gasteiger partial charge in [-0.1, -0.05) is 0 Å². The Morgan fingerprint density at radius 2 is 1.69 bits per heavy atom. The van der Waals surface area contributed by atoms with Crippen LogP contribution in [0.15, 0.2) is 0 Å². The van der Waals surface area contributed by atoms with Crippen LogP contribution in [0.4, 0.5) is 0 Å². The molecule has 8 heteroatoms. The number of thioether (sulfide) groups is 2. The van der Waals surface area contributed by atoms with Gasteiger partial charge in [-0.3, -0.25) is 14.4 Å². The van der Waals surface area contributed by atoms with Crippen LogP contribution in [-0.2, 0) is 14.4 Å². The molecule has 4 rings (SSSR count). The van der Waals surface area contributed by atoms with E-state index in [0.29, 0.717) is 37.2 Å². The fraction of sp³-hybridized carbons (Fsp3) is 0.833. The zero-order valence-electron chi connectivity index (χ0n) is 15.0. The van der Waals surface area contributed by atoms with Crippen LogP contribution in [0, 0.1) is 5.92 Å². The van der Waals surface area contributed by atoms with E-state index in [-0.39, 0.29) is 34.9 Å². The molecular formula is C18H27N3O3S2. The van der Waals surface area contributed by atoms with Crippen molar-refractivity contribution >= 4 is 41.2 Å². The van der Waals surface area contributed by atoms with Gasteiger partial charge < -0.3 is 15.1 Å². The van der Waals surface area contributed by atoms with E-state index in [1.807, 2.05) is 9.80 Å². The van der Waals surface area contributed by atoms with Crippen molar-refractivity contribution in [1.29, 1.82) is 0 Å². The molecule has 4 unspecified atom stereocenters. The van der Waals surface area contributed by atoms with Crippen molar-refractivity contribution in [3.63, 3.8) is 0 Å². The molecule has 1 saturated carbocycles. The second-order valence-corrected chi connectivity index (χ2v) is 10.2. The minimum absolute atomic E-state index is 0.0166. The summed E-state index contributed by atoms with van der Waals surface area (Å²) in [6.45, 7) is 2.61. The lowest BCUT2D eigenvalue weighted by Gasteiger charge is -2.41. The van der Waals surface area contributed by atoms with Crippen molar-refractivity contribution in [1.82, 2.24) is 15.1 Å².